The highest BCUT2D eigenvalue weighted by molar-refractivity contribution is 5.96. The summed E-state index contributed by atoms with van der Waals surface area (Å²) in [5.74, 6) is -0.418. The molecule has 0 radical (unpaired) electrons. The molecule has 2 heterocycles. The summed E-state index contributed by atoms with van der Waals surface area (Å²) < 4.78 is 5.38. The smallest absolute Gasteiger partial charge is 0.414 e. The Hall–Kier alpha value is -4.44. The molecule has 3 aromatic rings. The van der Waals surface area contributed by atoms with Gasteiger partial charge in [0.25, 0.3) is 11.6 Å². The number of amides is 2. The van der Waals surface area contributed by atoms with Crippen molar-refractivity contribution in [3.05, 3.63) is 99.6 Å². The van der Waals surface area contributed by atoms with Gasteiger partial charge in [0.1, 0.15) is 12.3 Å². The monoisotopic (exact) mass is 544 g/mol. The van der Waals surface area contributed by atoms with Crippen LogP contribution < -0.4 is 9.80 Å². The molecule has 1 fully saturated rings. The number of ether oxygens (including phenoxy) is 1. The third-order valence-corrected chi connectivity index (χ3v) is 7.92. The second kappa shape index (κ2) is 11.4. The van der Waals surface area contributed by atoms with E-state index in [0.717, 1.165) is 11.3 Å². The molecule has 2 aliphatic heterocycles. The van der Waals surface area contributed by atoms with E-state index < -0.39 is 23.0 Å². The molecular formula is C30H32N4O6. The first-order valence-corrected chi connectivity index (χ1v) is 13.3. The van der Waals surface area contributed by atoms with E-state index in [2.05, 4.69) is 0 Å². The number of benzene rings is 3. The molecule has 1 N–H and O–H groups in total. The molecule has 2 amide bonds. The first kappa shape index (κ1) is 27.1. The summed E-state index contributed by atoms with van der Waals surface area (Å²) in [6.07, 6.45) is -0.0609. The number of cyclic esters (lactones) is 1. The molecule has 0 aromatic heterocycles. The van der Waals surface area contributed by atoms with Crippen LogP contribution in [0, 0.1) is 10.1 Å². The van der Waals surface area contributed by atoms with Crippen molar-refractivity contribution < 1.29 is 24.4 Å². The Labute approximate surface area is 232 Å². The molecule has 0 saturated carbocycles. The zero-order chi connectivity index (χ0) is 28.4. The summed E-state index contributed by atoms with van der Waals surface area (Å²) in [6, 6.07) is 20.6. The molecule has 208 valence electrons. The number of para-hydroxylation sites is 1. The van der Waals surface area contributed by atoms with Crippen LogP contribution >= 0.6 is 0 Å². The number of nitro groups is 1. The summed E-state index contributed by atoms with van der Waals surface area (Å²) in [4.78, 5) is 42.5. The Bertz CT molecular complexity index is 1410. The Kier molecular flexibility index (Phi) is 7.70. The maximum absolute atomic E-state index is 13.3. The Morgan fingerprint density at radius 2 is 1.73 bits per heavy atom. The fraction of sp³-hybridized carbons (Fsp3) is 0.333. The molecule has 0 unspecified atom stereocenters. The lowest BCUT2D eigenvalue weighted by Gasteiger charge is -2.40. The molecule has 3 aromatic carbocycles. The number of anilines is 2. The predicted molar refractivity (Wildman–Crippen MR) is 150 cm³/mol. The van der Waals surface area contributed by atoms with Gasteiger partial charge in [0.15, 0.2) is 0 Å². The van der Waals surface area contributed by atoms with Gasteiger partial charge in [-0.3, -0.25) is 19.8 Å². The van der Waals surface area contributed by atoms with E-state index in [-0.39, 0.29) is 30.0 Å². The molecule has 0 spiro atoms. The summed E-state index contributed by atoms with van der Waals surface area (Å²) >= 11 is 0. The van der Waals surface area contributed by atoms with Gasteiger partial charge in [-0.25, -0.2) is 4.79 Å². The molecule has 2 aliphatic rings. The number of carbonyl (C=O) groups excluding carboxylic acids is 2. The van der Waals surface area contributed by atoms with E-state index in [4.69, 9.17) is 4.74 Å². The van der Waals surface area contributed by atoms with Crippen molar-refractivity contribution in [1.82, 2.24) is 4.90 Å². The summed E-state index contributed by atoms with van der Waals surface area (Å²) in [5.41, 5.74) is 2.93. The van der Waals surface area contributed by atoms with Crippen LogP contribution in [0.3, 0.4) is 0 Å². The van der Waals surface area contributed by atoms with Crippen LogP contribution in [0.5, 0.6) is 0 Å². The minimum Gasteiger partial charge on any atom is -0.444 e. The van der Waals surface area contributed by atoms with Gasteiger partial charge in [-0.2, -0.15) is 0 Å². The maximum atomic E-state index is 13.3. The van der Waals surface area contributed by atoms with E-state index in [1.165, 1.54) is 11.0 Å². The quantitative estimate of drug-likeness (QED) is 0.332. The highest BCUT2D eigenvalue weighted by atomic mass is 16.6. The molecule has 2 atom stereocenters. The fourth-order valence-electron chi connectivity index (χ4n) is 5.49. The largest absolute Gasteiger partial charge is 0.444 e. The summed E-state index contributed by atoms with van der Waals surface area (Å²) in [6.45, 7) is 3.00. The summed E-state index contributed by atoms with van der Waals surface area (Å²) in [7, 11) is 1.58. The number of piperidine rings is 1. The molecule has 10 nitrogen and oxygen atoms in total. The normalized spacial score (nSPS) is 17.0. The molecule has 0 aliphatic carbocycles. The molecule has 10 heteroatoms. The second-order valence-corrected chi connectivity index (χ2v) is 10.2. The molecular weight excluding hydrogens is 512 g/mol. The van der Waals surface area contributed by atoms with E-state index in [1.807, 2.05) is 47.4 Å². The Morgan fingerprint density at radius 1 is 1.05 bits per heavy atom. The number of aliphatic hydroxyl groups is 1. The third-order valence-electron chi connectivity index (χ3n) is 7.92. The van der Waals surface area contributed by atoms with Gasteiger partial charge < -0.3 is 19.6 Å². The third kappa shape index (κ3) is 5.22. The van der Waals surface area contributed by atoms with E-state index in [1.54, 1.807) is 43.1 Å². The SMILES string of the molecule is C[C@@H]([C@H](O)c1ccccc1)N(C)C(=O)c1ccc(N2CCC(N3C(=O)OCc4ccccc43)CC2)c([N+](=O)[O-])c1. The van der Waals surface area contributed by atoms with Gasteiger partial charge in [-0.15, -0.1) is 0 Å². The van der Waals surface area contributed by atoms with Crippen molar-refractivity contribution in [3.63, 3.8) is 0 Å². The number of hydrogen-bond donors (Lipinski definition) is 1. The maximum Gasteiger partial charge on any atom is 0.414 e. The number of fused-ring (bicyclic) bond motifs is 1. The predicted octanol–water partition coefficient (Wildman–Crippen LogP) is 4.91. The number of rotatable bonds is 7. The minimum absolute atomic E-state index is 0.0868. The van der Waals surface area contributed by atoms with Crippen LogP contribution in [0.15, 0.2) is 72.8 Å². The standard InChI is InChI=1S/C30H32N4O6/c1-20(28(35)21-8-4-3-5-9-21)31(2)29(36)22-12-13-26(27(18-22)34(38)39)32-16-14-24(15-17-32)33-25-11-7-6-10-23(25)19-40-30(33)37/h3-13,18,20,24,28,35H,14-17,19H2,1-2H3/t20-,28-/m0/s1. The lowest BCUT2D eigenvalue weighted by Crippen LogP contribution is -2.49. The lowest BCUT2D eigenvalue weighted by atomic mass is 9.99. The number of aliphatic hydroxyl groups excluding tert-OH is 1. The van der Waals surface area contributed by atoms with Gasteiger partial charge in [0.05, 0.1) is 22.8 Å². The van der Waals surface area contributed by atoms with Crippen LogP contribution in [0.25, 0.3) is 0 Å². The summed E-state index contributed by atoms with van der Waals surface area (Å²) in [5, 5.41) is 22.8. The Balaban J connectivity index is 1.30. The van der Waals surface area contributed by atoms with Crippen molar-refractivity contribution in [3.8, 4) is 0 Å². The first-order valence-electron chi connectivity index (χ1n) is 13.3. The second-order valence-electron chi connectivity index (χ2n) is 10.2. The van der Waals surface area contributed by atoms with Gasteiger partial charge in [-0.1, -0.05) is 48.5 Å². The number of nitrogens with zero attached hydrogens (tertiary/aromatic N) is 4. The van der Waals surface area contributed by atoms with E-state index in [0.29, 0.717) is 37.2 Å². The first-order chi connectivity index (χ1) is 19.3. The van der Waals surface area contributed by atoms with Crippen LogP contribution in [0.1, 0.15) is 47.4 Å². The van der Waals surface area contributed by atoms with Crippen molar-refractivity contribution in [2.45, 2.75) is 44.6 Å². The molecule has 1 saturated heterocycles. The van der Waals surface area contributed by atoms with E-state index >= 15 is 0 Å². The fourth-order valence-corrected chi connectivity index (χ4v) is 5.49. The molecule has 0 bridgehead atoms. The topological polar surface area (TPSA) is 116 Å². The number of carbonyl (C=O) groups is 2. The average molecular weight is 545 g/mol. The highest BCUT2D eigenvalue weighted by Crippen LogP contribution is 2.36. The minimum atomic E-state index is -0.908. The zero-order valence-corrected chi connectivity index (χ0v) is 22.5. The Morgan fingerprint density at radius 3 is 2.42 bits per heavy atom. The van der Waals surface area contributed by atoms with Crippen LogP contribution in [0.2, 0.25) is 0 Å². The van der Waals surface area contributed by atoms with Gasteiger partial charge in [0.2, 0.25) is 0 Å². The van der Waals surface area contributed by atoms with Crippen molar-refractivity contribution >= 4 is 29.1 Å². The highest BCUT2D eigenvalue weighted by Gasteiger charge is 2.35. The number of likely N-dealkylation sites (N-methyl/N-ethyl adjacent to an activating group) is 1. The van der Waals surface area contributed by atoms with Crippen molar-refractivity contribution in [1.29, 1.82) is 0 Å². The zero-order valence-electron chi connectivity index (χ0n) is 22.5. The lowest BCUT2D eigenvalue weighted by molar-refractivity contribution is -0.384. The van der Waals surface area contributed by atoms with Crippen molar-refractivity contribution in [2.24, 2.45) is 0 Å². The number of nitro benzene ring substituents is 1. The number of hydrogen-bond acceptors (Lipinski definition) is 7. The van der Waals surface area contributed by atoms with Crippen LogP contribution in [-0.4, -0.2) is 59.2 Å². The van der Waals surface area contributed by atoms with Crippen LogP contribution in [-0.2, 0) is 11.3 Å². The van der Waals surface area contributed by atoms with E-state index in [9.17, 15) is 24.8 Å². The molecule has 5 rings (SSSR count). The van der Waals surface area contributed by atoms with Crippen molar-refractivity contribution in [2.75, 3.05) is 29.9 Å². The van der Waals surface area contributed by atoms with Crippen LogP contribution in [0.4, 0.5) is 21.9 Å². The average Bonchev–Trinajstić information content (AvgIpc) is 2.99. The van der Waals surface area contributed by atoms with Gasteiger partial charge in [0, 0.05) is 43.4 Å². The van der Waals surface area contributed by atoms with Gasteiger partial charge >= 0.3 is 6.09 Å². The molecule has 40 heavy (non-hydrogen) atoms. The van der Waals surface area contributed by atoms with Gasteiger partial charge in [-0.05, 0) is 43.5 Å².